The first kappa shape index (κ1) is 38.4. The van der Waals surface area contributed by atoms with E-state index in [0.717, 1.165) is 81.5 Å². The van der Waals surface area contributed by atoms with E-state index in [2.05, 4.69) is 13.8 Å². The second-order valence-electron chi connectivity index (χ2n) is 12.0. The summed E-state index contributed by atoms with van der Waals surface area (Å²) in [6.45, 7) is 8.38. The van der Waals surface area contributed by atoms with Crippen molar-refractivity contribution in [3.05, 3.63) is 83.9 Å². The molecule has 0 fully saturated rings. The number of nitrogens with zero attached hydrogens (tertiary/aromatic N) is 1. The average molecular weight is 661 g/mol. The van der Waals surface area contributed by atoms with Gasteiger partial charge in [0.25, 0.3) is 11.8 Å². The molecule has 2 N–H and O–H groups in total. The van der Waals surface area contributed by atoms with Gasteiger partial charge in [0.15, 0.2) is 0 Å². The SMILES string of the molecule is CCCCCCOc1ccc(OCCCCN)cc1.CCCCCCOc1ccc(OCCCCN2C(=O)c3ccccc3C2=O)cc1. The smallest absolute Gasteiger partial charge is 0.261 e. The van der Waals surface area contributed by atoms with Crippen molar-refractivity contribution in [2.75, 3.05) is 39.5 Å². The van der Waals surface area contributed by atoms with Crippen LogP contribution >= 0.6 is 0 Å². The molecular weight excluding hydrogens is 604 g/mol. The van der Waals surface area contributed by atoms with Gasteiger partial charge in [-0.05, 0) is 106 Å². The lowest BCUT2D eigenvalue weighted by Gasteiger charge is -2.13. The summed E-state index contributed by atoms with van der Waals surface area (Å²) < 4.78 is 22.8. The monoisotopic (exact) mass is 660 g/mol. The summed E-state index contributed by atoms with van der Waals surface area (Å²) in [5.41, 5.74) is 6.44. The molecule has 3 aromatic rings. The van der Waals surface area contributed by atoms with Gasteiger partial charge in [-0.1, -0.05) is 64.5 Å². The van der Waals surface area contributed by atoms with Gasteiger partial charge in [-0.3, -0.25) is 14.5 Å². The summed E-state index contributed by atoms with van der Waals surface area (Å²) in [5.74, 6) is 3.08. The van der Waals surface area contributed by atoms with Crippen LogP contribution in [0.1, 0.15) is 112 Å². The third-order valence-corrected chi connectivity index (χ3v) is 7.97. The van der Waals surface area contributed by atoms with E-state index in [1.54, 1.807) is 24.3 Å². The first-order valence-corrected chi connectivity index (χ1v) is 17.9. The van der Waals surface area contributed by atoms with Crippen LogP contribution in [-0.2, 0) is 0 Å². The summed E-state index contributed by atoms with van der Waals surface area (Å²) in [7, 11) is 0. The lowest BCUT2D eigenvalue weighted by atomic mass is 10.1. The van der Waals surface area contributed by atoms with E-state index in [4.69, 9.17) is 24.7 Å². The van der Waals surface area contributed by atoms with Gasteiger partial charge in [-0.25, -0.2) is 0 Å². The summed E-state index contributed by atoms with van der Waals surface area (Å²) in [5, 5.41) is 0. The van der Waals surface area contributed by atoms with Crippen LogP contribution in [0.2, 0.25) is 0 Å². The molecule has 0 atom stereocenters. The zero-order valence-electron chi connectivity index (χ0n) is 29.1. The summed E-state index contributed by atoms with van der Waals surface area (Å²) >= 11 is 0. The normalized spacial score (nSPS) is 11.9. The fourth-order valence-corrected chi connectivity index (χ4v) is 5.14. The van der Waals surface area contributed by atoms with Crippen LogP contribution in [0.5, 0.6) is 23.0 Å². The summed E-state index contributed by atoms with van der Waals surface area (Å²) in [4.78, 5) is 26.0. The number of hydrogen-bond donors (Lipinski definition) is 1. The molecule has 0 spiro atoms. The molecule has 0 unspecified atom stereocenters. The van der Waals surface area contributed by atoms with Crippen LogP contribution in [0.4, 0.5) is 0 Å². The van der Waals surface area contributed by atoms with Crippen molar-refractivity contribution in [3.63, 3.8) is 0 Å². The molecule has 262 valence electrons. The van der Waals surface area contributed by atoms with Crippen LogP contribution in [0, 0.1) is 0 Å². The van der Waals surface area contributed by atoms with Crippen LogP contribution in [0.15, 0.2) is 72.8 Å². The van der Waals surface area contributed by atoms with E-state index in [1.165, 1.54) is 43.4 Å². The first-order valence-electron chi connectivity index (χ1n) is 17.9. The van der Waals surface area contributed by atoms with E-state index in [1.807, 2.05) is 48.5 Å². The average Bonchev–Trinajstić information content (AvgIpc) is 3.36. The molecule has 3 aromatic carbocycles. The molecular formula is C40H56N2O6. The molecule has 0 aliphatic carbocycles. The maximum absolute atomic E-state index is 12.3. The molecule has 1 heterocycles. The largest absolute Gasteiger partial charge is 0.494 e. The number of unbranched alkanes of at least 4 members (excludes halogenated alkanes) is 8. The lowest BCUT2D eigenvalue weighted by Crippen LogP contribution is -2.30. The quantitative estimate of drug-likeness (QED) is 0.0801. The predicted octanol–water partition coefficient (Wildman–Crippen LogP) is 8.86. The van der Waals surface area contributed by atoms with Gasteiger partial charge in [-0.2, -0.15) is 0 Å². The Balaban J connectivity index is 0.000000286. The Hall–Kier alpha value is -4.04. The predicted molar refractivity (Wildman–Crippen MR) is 192 cm³/mol. The molecule has 0 aromatic heterocycles. The number of benzene rings is 3. The van der Waals surface area contributed by atoms with E-state index < -0.39 is 0 Å². The highest BCUT2D eigenvalue weighted by atomic mass is 16.5. The minimum Gasteiger partial charge on any atom is -0.494 e. The standard InChI is InChI=1S/C24H29NO4.C16H27NO2/c1-2-3-4-8-17-28-19-12-14-20(15-13-19)29-18-9-7-16-25-23(26)21-10-5-6-11-22(21)24(25)27;1-2-3-4-6-13-18-15-8-10-16(11-9-15)19-14-7-5-12-17/h5-6,10-15H,2-4,7-9,16-18H2,1H3;8-11H,2-7,12-14,17H2,1H3. The van der Waals surface area contributed by atoms with E-state index in [9.17, 15) is 9.59 Å². The van der Waals surface area contributed by atoms with E-state index in [0.29, 0.717) is 30.7 Å². The zero-order valence-corrected chi connectivity index (χ0v) is 29.1. The Morgan fingerprint density at radius 1 is 0.479 bits per heavy atom. The second-order valence-corrected chi connectivity index (χ2v) is 12.0. The Bertz CT molecular complexity index is 1280. The molecule has 0 saturated heterocycles. The van der Waals surface area contributed by atoms with Crippen molar-refractivity contribution >= 4 is 11.8 Å². The maximum atomic E-state index is 12.3. The summed E-state index contributed by atoms with van der Waals surface area (Å²) in [6.07, 6.45) is 13.2. The molecule has 4 rings (SSSR count). The topological polar surface area (TPSA) is 100 Å². The number of rotatable bonds is 23. The molecule has 0 bridgehead atoms. The van der Waals surface area contributed by atoms with Gasteiger partial charge in [0.1, 0.15) is 23.0 Å². The highest BCUT2D eigenvalue weighted by molar-refractivity contribution is 6.21. The highest BCUT2D eigenvalue weighted by Gasteiger charge is 2.34. The maximum Gasteiger partial charge on any atom is 0.261 e. The second kappa shape index (κ2) is 23.3. The van der Waals surface area contributed by atoms with Crippen molar-refractivity contribution in [1.82, 2.24) is 4.90 Å². The number of carbonyl (C=O) groups excluding carboxylic acids is 2. The third kappa shape index (κ3) is 14.0. The van der Waals surface area contributed by atoms with E-state index >= 15 is 0 Å². The molecule has 0 saturated carbocycles. The van der Waals surface area contributed by atoms with Crippen LogP contribution < -0.4 is 24.7 Å². The first-order chi connectivity index (χ1) is 23.6. The van der Waals surface area contributed by atoms with Crippen molar-refractivity contribution in [1.29, 1.82) is 0 Å². The molecule has 48 heavy (non-hydrogen) atoms. The molecule has 2 amide bonds. The third-order valence-electron chi connectivity index (χ3n) is 7.97. The number of carbonyl (C=O) groups is 2. The number of nitrogens with two attached hydrogens (primary N) is 1. The Labute approximate surface area is 287 Å². The van der Waals surface area contributed by atoms with Gasteiger partial charge in [0, 0.05) is 6.54 Å². The minimum atomic E-state index is -0.197. The van der Waals surface area contributed by atoms with Gasteiger partial charge in [0.05, 0.1) is 37.6 Å². The number of imide groups is 1. The summed E-state index contributed by atoms with van der Waals surface area (Å²) in [6, 6.07) is 22.5. The number of fused-ring (bicyclic) bond motifs is 1. The number of amides is 2. The van der Waals surface area contributed by atoms with Crippen LogP contribution in [0.3, 0.4) is 0 Å². The lowest BCUT2D eigenvalue weighted by molar-refractivity contribution is 0.0649. The number of ether oxygens (including phenoxy) is 4. The fraction of sp³-hybridized carbons (Fsp3) is 0.500. The van der Waals surface area contributed by atoms with Gasteiger partial charge in [0.2, 0.25) is 0 Å². The Morgan fingerprint density at radius 2 is 0.833 bits per heavy atom. The highest BCUT2D eigenvalue weighted by Crippen LogP contribution is 2.23. The number of hydrogen-bond acceptors (Lipinski definition) is 7. The van der Waals surface area contributed by atoms with Crippen LogP contribution in [-0.4, -0.2) is 56.2 Å². The van der Waals surface area contributed by atoms with Gasteiger partial charge in [-0.15, -0.1) is 0 Å². The van der Waals surface area contributed by atoms with Crippen molar-refractivity contribution in [3.8, 4) is 23.0 Å². The zero-order chi connectivity index (χ0) is 34.2. The minimum absolute atomic E-state index is 0.197. The molecule has 8 heteroatoms. The van der Waals surface area contributed by atoms with Crippen LogP contribution in [0.25, 0.3) is 0 Å². The van der Waals surface area contributed by atoms with Crippen molar-refractivity contribution in [2.24, 2.45) is 5.73 Å². The van der Waals surface area contributed by atoms with Gasteiger partial charge >= 0.3 is 0 Å². The molecule has 0 radical (unpaired) electrons. The van der Waals surface area contributed by atoms with E-state index in [-0.39, 0.29) is 11.8 Å². The Morgan fingerprint density at radius 3 is 1.19 bits per heavy atom. The van der Waals surface area contributed by atoms with Gasteiger partial charge < -0.3 is 24.7 Å². The van der Waals surface area contributed by atoms with Crippen molar-refractivity contribution in [2.45, 2.75) is 90.9 Å². The molecule has 8 nitrogen and oxygen atoms in total. The Kier molecular flexibility index (Phi) is 18.7. The molecule has 1 aliphatic heterocycles. The molecule has 1 aliphatic rings. The van der Waals surface area contributed by atoms with Crippen molar-refractivity contribution < 1.29 is 28.5 Å². The fourth-order valence-electron chi connectivity index (χ4n) is 5.14.